The highest BCUT2D eigenvalue weighted by Crippen LogP contribution is 2.19. The first kappa shape index (κ1) is 12.8. The third kappa shape index (κ3) is 2.76. The first-order valence-corrected chi connectivity index (χ1v) is 6.10. The average Bonchev–Trinajstić information content (AvgIpc) is 2.34. The van der Waals surface area contributed by atoms with Gasteiger partial charge in [-0.25, -0.2) is 9.97 Å². The van der Waals surface area contributed by atoms with Crippen LogP contribution in [0, 0.1) is 20.8 Å². The molecule has 0 aliphatic heterocycles. The van der Waals surface area contributed by atoms with Gasteiger partial charge in [0, 0.05) is 18.9 Å². The second kappa shape index (κ2) is 5.31. The Bertz CT molecular complexity index is 569. The summed E-state index contributed by atoms with van der Waals surface area (Å²) in [5.74, 6) is 0.621. The first-order chi connectivity index (χ1) is 8.58. The van der Waals surface area contributed by atoms with Crippen molar-refractivity contribution in [2.24, 2.45) is 0 Å². The molecule has 0 unspecified atom stereocenters. The van der Waals surface area contributed by atoms with E-state index < -0.39 is 0 Å². The Hall–Kier alpha value is -1.68. The number of aryl methyl sites for hydroxylation is 3. The summed E-state index contributed by atoms with van der Waals surface area (Å²) in [4.78, 5) is 12.7. The molecule has 0 spiro atoms. The standard InChI is InChI=1S/C13H15ClN4/c1-8-6-15-5-4-11(8)7-16-13-12(14)17-9(2)10(3)18-13/h4-6H,7H2,1-3H3,(H,16,18). The van der Waals surface area contributed by atoms with E-state index in [4.69, 9.17) is 11.6 Å². The van der Waals surface area contributed by atoms with E-state index in [2.05, 4.69) is 20.3 Å². The molecule has 0 amide bonds. The van der Waals surface area contributed by atoms with E-state index in [9.17, 15) is 0 Å². The maximum Gasteiger partial charge on any atom is 0.171 e. The lowest BCUT2D eigenvalue weighted by Crippen LogP contribution is -2.06. The number of nitrogens with zero attached hydrogens (tertiary/aromatic N) is 3. The minimum atomic E-state index is 0.407. The van der Waals surface area contributed by atoms with Crippen molar-refractivity contribution in [1.29, 1.82) is 0 Å². The van der Waals surface area contributed by atoms with E-state index in [-0.39, 0.29) is 0 Å². The van der Waals surface area contributed by atoms with Gasteiger partial charge in [0.25, 0.3) is 0 Å². The molecule has 0 fully saturated rings. The highest BCUT2D eigenvalue weighted by atomic mass is 35.5. The molecular weight excluding hydrogens is 248 g/mol. The lowest BCUT2D eigenvalue weighted by atomic mass is 10.1. The van der Waals surface area contributed by atoms with Crippen LogP contribution >= 0.6 is 11.6 Å². The van der Waals surface area contributed by atoms with Crippen LogP contribution in [0.15, 0.2) is 18.5 Å². The van der Waals surface area contributed by atoms with Gasteiger partial charge in [0.1, 0.15) is 0 Å². The summed E-state index contributed by atoms with van der Waals surface area (Å²) < 4.78 is 0. The van der Waals surface area contributed by atoms with Crippen molar-refractivity contribution in [3.05, 3.63) is 46.1 Å². The molecule has 0 saturated heterocycles. The fourth-order valence-electron chi connectivity index (χ4n) is 1.57. The van der Waals surface area contributed by atoms with Gasteiger partial charge in [0.2, 0.25) is 0 Å². The van der Waals surface area contributed by atoms with E-state index in [1.165, 1.54) is 5.56 Å². The highest BCUT2D eigenvalue weighted by Gasteiger charge is 2.07. The maximum absolute atomic E-state index is 6.06. The minimum Gasteiger partial charge on any atom is -0.363 e. The van der Waals surface area contributed by atoms with E-state index in [0.29, 0.717) is 17.5 Å². The molecule has 0 radical (unpaired) electrons. The van der Waals surface area contributed by atoms with Gasteiger partial charge in [0.05, 0.1) is 11.4 Å². The number of hydrogen-bond donors (Lipinski definition) is 1. The van der Waals surface area contributed by atoms with Crippen molar-refractivity contribution in [3.63, 3.8) is 0 Å². The number of nitrogens with one attached hydrogen (secondary N) is 1. The van der Waals surface area contributed by atoms with Gasteiger partial charge >= 0.3 is 0 Å². The molecule has 2 rings (SSSR count). The smallest absolute Gasteiger partial charge is 0.171 e. The Morgan fingerprint density at radius 3 is 2.61 bits per heavy atom. The van der Waals surface area contributed by atoms with Gasteiger partial charge in [-0.2, -0.15) is 0 Å². The lowest BCUT2D eigenvalue weighted by molar-refractivity contribution is 1.01. The van der Waals surface area contributed by atoms with Crippen LogP contribution in [0.5, 0.6) is 0 Å². The summed E-state index contributed by atoms with van der Waals surface area (Å²) in [6.07, 6.45) is 3.61. The lowest BCUT2D eigenvalue weighted by Gasteiger charge is -2.10. The maximum atomic E-state index is 6.06. The summed E-state index contributed by atoms with van der Waals surface area (Å²) >= 11 is 6.06. The highest BCUT2D eigenvalue weighted by molar-refractivity contribution is 6.31. The van der Waals surface area contributed by atoms with Gasteiger partial charge in [-0.15, -0.1) is 0 Å². The SMILES string of the molecule is Cc1cnccc1CNc1nc(C)c(C)nc1Cl. The Balaban J connectivity index is 2.16. The molecule has 94 valence electrons. The number of hydrogen-bond acceptors (Lipinski definition) is 4. The minimum absolute atomic E-state index is 0.407. The van der Waals surface area contributed by atoms with Gasteiger partial charge < -0.3 is 5.32 Å². The quantitative estimate of drug-likeness (QED) is 0.924. The van der Waals surface area contributed by atoms with E-state index in [1.54, 1.807) is 6.20 Å². The third-order valence-electron chi connectivity index (χ3n) is 2.85. The number of anilines is 1. The van der Waals surface area contributed by atoms with Crippen molar-refractivity contribution in [2.75, 3.05) is 5.32 Å². The monoisotopic (exact) mass is 262 g/mol. The normalized spacial score (nSPS) is 10.4. The van der Waals surface area contributed by atoms with E-state index in [0.717, 1.165) is 17.0 Å². The third-order valence-corrected chi connectivity index (χ3v) is 3.11. The van der Waals surface area contributed by atoms with Crippen LogP contribution in [0.25, 0.3) is 0 Å². The molecule has 1 N–H and O–H groups in total. The fraction of sp³-hybridized carbons (Fsp3) is 0.308. The summed E-state index contributed by atoms with van der Waals surface area (Å²) in [6.45, 7) is 6.50. The van der Waals surface area contributed by atoms with Crippen LogP contribution in [0.3, 0.4) is 0 Å². The Morgan fingerprint density at radius 1 is 1.17 bits per heavy atom. The zero-order chi connectivity index (χ0) is 13.1. The predicted octanol–water partition coefficient (Wildman–Crippen LogP) is 3.06. The van der Waals surface area contributed by atoms with Crippen LogP contribution in [0.4, 0.5) is 5.82 Å². The van der Waals surface area contributed by atoms with Crippen LogP contribution in [-0.4, -0.2) is 15.0 Å². The Kier molecular flexibility index (Phi) is 3.77. The molecule has 2 aromatic heterocycles. The van der Waals surface area contributed by atoms with Crippen LogP contribution in [0.2, 0.25) is 5.15 Å². The summed E-state index contributed by atoms with van der Waals surface area (Å²) in [6, 6.07) is 1.98. The van der Waals surface area contributed by atoms with Crippen molar-refractivity contribution >= 4 is 17.4 Å². The van der Waals surface area contributed by atoms with Gasteiger partial charge in [-0.1, -0.05) is 11.6 Å². The van der Waals surface area contributed by atoms with Crippen LogP contribution in [0.1, 0.15) is 22.5 Å². The molecule has 0 aliphatic carbocycles. The van der Waals surface area contributed by atoms with Gasteiger partial charge in [-0.3, -0.25) is 4.98 Å². The molecule has 0 atom stereocenters. The van der Waals surface area contributed by atoms with Crippen molar-refractivity contribution in [1.82, 2.24) is 15.0 Å². The molecule has 2 heterocycles. The van der Waals surface area contributed by atoms with Crippen LogP contribution < -0.4 is 5.32 Å². The second-order valence-electron chi connectivity index (χ2n) is 4.19. The van der Waals surface area contributed by atoms with Gasteiger partial charge in [0.15, 0.2) is 11.0 Å². The fourth-order valence-corrected chi connectivity index (χ4v) is 1.80. The number of halogens is 1. The average molecular weight is 263 g/mol. The second-order valence-corrected chi connectivity index (χ2v) is 4.55. The molecule has 5 heteroatoms. The topological polar surface area (TPSA) is 50.7 Å². The number of pyridine rings is 1. The first-order valence-electron chi connectivity index (χ1n) is 5.72. The molecule has 0 aromatic carbocycles. The number of rotatable bonds is 3. The molecule has 0 saturated carbocycles. The Morgan fingerprint density at radius 2 is 1.89 bits per heavy atom. The van der Waals surface area contributed by atoms with E-state index in [1.807, 2.05) is 33.0 Å². The summed E-state index contributed by atoms with van der Waals surface area (Å²) in [5, 5.41) is 3.61. The zero-order valence-electron chi connectivity index (χ0n) is 10.7. The Labute approximate surface area is 111 Å². The molecule has 0 aliphatic rings. The summed E-state index contributed by atoms with van der Waals surface area (Å²) in [5.41, 5.74) is 4.04. The van der Waals surface area contributed by atoms with E-state index >= 15 is 0 Å². The molecular formula is C13H15ClN4. The largest absolute Gasteiger partial charge is 0.363 e. The number of aromatic nitrogens is 3. The van der Waals surface area contributed by atoms with Gasteiger partial charge in [-0.05, 0) is 38.0 Å². The molecule has 0 bridgehead atoms. The van der Waals surface area contributed by atoms with Crippen molar-refractivity contribution < 1.29 is 0 Å². The molecule has 18 heavy (non-hydrogen) atoms. The van der Waals surface area contributed by atoms with Crippen molar-refractivity contribution in [2.45, 2.75) is 27.3 Å². The predicted molar refractivity (Wildman–Crippen MR) is 72.8 cm³/mol. The summed E-state index contributed by atoms with van der Waals surface area (Å²) in [7, 11) is 0. The van der Waals surface area contributed by atoms with Crippen LogP contribution in [-0.2, 0) is 6.54 Å². The molecule has 2 aromatic rings. The molecule has 4 nitrogen and oxygen atoms in total. The zero-order valence-corrected chi connectivity index (χ0v) is 11.4. The van der Waals surface area contributed by atoms with Crippen molar-refractivity contribution in [3.8, 4) is 0 Å².